The summed E-state index contributed by atoms with van der Waals surface area (Å²) in [6, 6.07) is 5.43. The summed E-state index contributed by atoms with van der Waals surface area (Å²) < 4.78 is 1.50. The topological polar surface area (TPSA) is 80.9 Å². The van der Waals surface area contributed by atoms with E-state index in [0.29, 0.717) is 22.5 Å². The molecule has 146 valence electrons. The minimum absolute atomic E-state index is 0.111. The quantitative estimate of drug-likeness (QED) is 0.747. The number of aryl methyl sites for hydroxylation is 1. The summed E-state index contributed by atoms with van der Waals surface area (Å²) in [6.07, 6.45) is 9.12. The molecule has 1 atom stereocenters. The van der Waals surface area contributed by atoms with E-state index in [1.54, 1.807) is 19.3 Å². The third kappa shape index (κ3) is 3.44. The van der Waals surface area contributed by atoms with Gasteiger partial charge in [0.25, 0.3) is 5.56 Å². The summed E-state index contributed by atoms with van der Waals surface area (Å²) in [4.78, 5) is 27.2. The Morgan fingerprint density at radius 1 is 1.18 bits per heavy atom. The number of rotatable bonds is 4. The van der Waals surface area contributed by atoms with Gasteiger partial charge in [-0.2, -0.15) is 0 Å². The van der Waals surface area contributed by atoms with E-state index in [1.807, 2.05) is 25.3 Å². The van der Waals surface area contributed by atoms with E-state index < -0.39 is 0 Å². The molecule has 6 heteroatoms. The molecule has 0 radical (unpaired) electrons. The molecule has 0 saturated heterocycles. The fraction of sp³-hybridized carbons (Fsp3) is 0.455. The molecule has 1 fully saturated rings. The van der Waals surface area contributed by atoms with Crippen molar-refractivity contribution in [2.75, 3.05) is 6.61 Å². The molecule has 6 nitrogen and oxygen atoms in total. The predicted molar refractivity (Wildman–Crippen MR) is 109 cm³/mol. The highest BCUT2D eigenvalue weighted by Crippen LogP contribution is 2.35. The first-order valence-electron chi connectivity index (χ1n) is 10.0. The van der Waals surface area contributed by atoms with Gasteiger partial charge in [0.2, 0.25) is 0 Å². The number of aliphatic hydroxyl groups is 1. The summed E-state index contributed by atoms with van der Waals surface area (Å²) in [6.45, 7) is 3.69. The van der Waals surface area contributed by atoms with Crippen molar-refractivity contribution in [1.82, 2.24) is 19.5 Å². The maximum Gasteiger partial charge on any atom is 0.261 e. The molecule has 0 aliphatic heterocycles. The minimum Gasteiger partial charge on any atom is -0.394 e. The van der Waals surface area contributed by atoms with Gasteiger partial charge >= 0.3 is 0 Å². The fourth-order valence-electron chi connectivity index (χ4n) is 3.98. The summed E-state index contributed by atoms with van der Waals surface area (Å²) in [5.41, 5.74) is 4.01. The number of fused-ring (bicyclic) bond motifs is 1. The number of hydrogen-bond donors (Lipinski definition) is 1. The molecule has 1 aliphatic rings. The molecule has 0 spiro atoms. The summed E-state index contributed by atoms with van der Waals surface area (Å²) >= 11 is 0. The van der Waals surface area contributed by atoms with Gasteiger partial charge in [0.1, 0.15) is 0 Å². The number of pyridine rings is 2. The Bertz CT molecular complexity index is 1040. The molecular formula is C22H26N4O2. The molecule has 0 unspecified atom stereocenters. The zero-order chi connectivity index (χ0) is 19.7. The summed E-state index contributed by atoms with van der Waals surface area (Å²) in [5.74, 6) is 0.319. The van der Waals surface area contributed by atoms with Crippen LogP contribution in [0.3, 0.4) is 0 Å². The van der Waals surface area contributed by atoms with E-state index in [2.05, 4.69) is 9.97 Å². The fourth-order valence-corrected chi connectivity index (χ4v) is 3.98. The maximum absolute atomic E-state index is 13.2. The highest BCUT2D eigenvalue weighted by atomic mass is 16.3. The van der Waals surface area contributed by atoms with Gasteiger partial charge in [0, 0.05) is 12.1 Å². The van der Waals surface area contributed by atoms with E-state index in [4.69, 9.17) is 4.98 Å². The standard InChI is InChI=1S/C22H26N4O2/c1-14-8-9-18(23-11-14)19-10-17-21(20(25-19)16-6-4-3-5-7-16)24-13-26(22(17)28)15(2)12-27/h8-11,13,15-16,27H,3-7,12H2,1-2H3/t15-/m0/s1. The van der Waals surface area contributed by atoms with Crippen molar-refractivity contribution in [2.45, 2.75) is 57.9 Å². The van der Waals surface area contributed by atoms with Crippen molar-refractivity contribution in [3.8, 4) is 11.4 Å². The Balaban J connectivity index is 1.95. The third-order valence-corrected chi connectivity index (χ3v) is 5.70. The second kappa shape index (κ2) is 7.80. The van der Waals surface area contributed by atoms with Crippen molar-refractivity contribution in [1.29, 1.82) is 0 Å². The van der Waals surface area contributed by atoms with Gasteiger partial charge in [-0.05, 0) is 44.4 Å². The molecule has 0 amide bonds. The lowest BCUT2D eigenvalue weighted by Crippen LogP contribution is -2.26. The van der Waals surface area contributed by atoms with E-state index in [0.717, 1.165) is 29.8 Å². The van der Waals surface area contributed by atoms with Gasteiger partial charge in [-0.1, -0.05) is 25.3 Å². The van der Waals surface area contributed by atoms with Gasteiger partial charge in [-0.15, -0.1) is 0 Å². The molecule has 1 aliphatic carbocycles. The van der Waals surface area contributed by atoms with Crippen molar-refractivity contribution in [2.24, 2.45) is 0 Å². The van der Waals surface area contributed by atoms with Gasteiger partial charge < -0.3 is 5.11 Å². The lowest BCUT2D eigenvalue weighted by Gasteiger charge is -2.23. The van der Waals surface area contributed by atoms with Crippen LogP contribution >= 0.6 is 0 Å². The molecule has 4 rings (SSSR count). The van der Waals surface area contributed by atoms with E-state index in [-0.39, 0.29) is 18.2 Å². The normalized spacial score (nSPS) is 16.4. The van der Waals surface area contributed by atoms with Crippen LogP contribution < -0.4 is 5.56 Å². The molecular weight excluding hydrogens is 352 g/mol. The Kier molecular flexibility index (Phi) is 5.22. The van der Waals surface area contributed by atoms with E-state index in [1.165, 1.54) is 23.8 Å². The molecule has 0 aromatic carbocycles. The molecule has 1 saturated carbocycles. The minimum atomic E-state index is -0.323. The monoisotopic (exact) mass is 378 g/mol. The van der Waals surface area contributed by atoms with Crippen LogP contribution in [0.25, 0.3) is 22.3 Å². The van der Waals surface area contributed by atoms with Crippen LogP contribution in [0.4, 0.5) is 0 Å². The molecule has 3 aromatic rings. The van der Waals surface area contributed by atoms with Crippen LogP contribution in [-0.2, 0) is 0 Å². The van der Waals surface area contributed by atoms with Gasteiger partial charge in [-0.25, -0.2) is 9.97 Å². The van der Waals surface area contributed by atoms with Crippen molar-refractivity contribution in [3.63, 3.8) is 0 Å². The molecule has 3 heterocycles. The smallest absolute Gasteiger partial charge is 0.261 e. The second-order valence-electron chi connectivity index (χ2n) is 7.83. The van der Waals surface area contributed by atoms with Gasteiger partial charge in [0.15, 0.2) is 0 Å². The highest BCUT2D eigenvalue weighted by molar-refractivity contribution is 5.83. The first-order valence-corrected chi connectivity index (χ1v) is 10.0. The Morgan fingerprint density at radius 3 is 2.64 bits per heavy atom. The van der Waals surface area contributed by atoms with Crippen molar-refractivity contribution >= 4 is 10.9 Å². The zero-order valence-electron chi connectivity index (χ0n) is 16.4. The SMILES string of the molecule is Cc1ccc(-c2cc3c(=O)n([C@@H](C)CO)cnc3c(C3CCCCC3)n2)nc1. The zero-order valence-corrected chi connectivity index (χ0v) is 16.4. The first kappa shape index (κ1) is 18.7. The molecule has 28 heavy (non-hydrogen) atoms. The van der Waals surface area contributed by atoms with Gasteiger partial charge in [-0.3, -0.25) is 14.3 Å². The molecule has 3 aromatic heterocycles. The average Bonchev–Trinajstić information content (AvgIpc) is 2.74. The van der Waals surface area contributed by atoms with Gasteiger partial charge in [0.05, 0.1) is 47.0 Å². The van der Waals surface area contributed by atoms with E-state index in [9.17, 15) is 9.90 Å². The van der Waals surface area contributed by atoms with Crippen LogP contribution in [-0.4, -0.2) is 31.2 Å². The van der Waals surface area contributed by atoms with Crippen molar-refractivity contribution in [3.05, 3.63) is 52.3 Å². The lowest BCUT2D eigenvalue weighted by molar-refractivity contribution is 0.236. The third-order valence-electron chi connectivity index (χ3n) is 5.70. The van der Waals surface area contributed by atoms with E-state index >= 15 is 0 Å². The highest BCUT2D eigenvalue weighted by Gasteiger charge is 2.23. The lowest BCUT2D eigenvalue weighted by atomic mass is 9.86. The largest absolute Gasteiger partial charge is 0.394 e. The number of hydrogen-bond acceptors (Lipinski definition) is 5. The Morgan fingerprint density at radius 2 is 1.96 bits per heavy atom. The number of aliphatic hydroxyl groups excluding tert-OH is 1. The van der Waals surface area contributed by atoms with Crippen LogP contribution in [0.1, 0.15) is 62.2 Å². The first-order chi connectivity index (χ1) is 13.6. The van der Waals surface area contributed by atoms with Crippen LogP contribution in [0, 0.1) is 6.92 Å². The van der Waals surface area contributed by atoms with Crippen LogP contribution in [0.5, 0.6) is 0 Å². The Labute approximate surface area is 164 Å². The van der Waals surface area contributed by atoms with Crippen LogP contribution in [0.15, 0.2) is 35.5 Å². The maximum atomic E-state index is 13.2. The number of nitrogens with zero attached hydrogens (tertiary/aromatic N) is 4. The summed E-state index contributed by atoms with van der Waals surface area (Å²) in [5, 5.41) is 10.0. The summed E-state index contributed by atoms with van der Waals surface area (Å²) in [7, 11) is 0. The predicted octanol–water partition coefficient (Wildman–Crippen LogP) is 3.76. The number of aromatic nitrogens is 4. The molecule has 1 N–H and O–H groups in total. The second-order valence-corrected chi connectivity index (χ2v) is 7.83. The van der Waals surface area contributed by atoms with Crippen LogP contribution in [0.2, 0.25) is 0 Å². The molecule has 0 bridgehead atoms. The average molecular weight is 378 g/mol. The van der Waals surface area contributed by atoms with Crippen molar-refractivity contribution < 1.29 is 5.11 Å². The Hall–Kier alpha value is -2.60.